The molecule has 1 amide bonds. The summed E-state index contributed by atoms with van der Waals surface area (Å²) in [6.45, 7) is 0. The number of nitrogens with one attached hydrogen (secondary N) is 2. The Labute approximate surface area is 109 Å². The Balaban J connectivity index is 1.82. The molecule has 1 aliphatic carbocycles. The largest absolute Gasteiger partial charge is 0.330 e. The van der Waals surface area contributed by atoms with E-state index in [2.05, 4.69) is 21.3 Å². The molecule has 2 aromatic heterocycles. The van der Waals surface area contributed by atoms with Crippen molar-refractivity contribution in [3.8, 4) is 5.69 Å². The van der Waals surface area contributed by atoms with Crippen LogP contribution in [0.25, 0.3) is 5.69 Å². The molecule has 0 saturated heterocycles. The van der Waals surface area contributed by atoms with Gasteiger partial charge in [0, 0.05) is 12.2 Å². The van der Waals surface area contributed by atoms with E-state index in [1.54, 1.807) is 0 Å². The number of fused-ring (bicyclic) bond motifs is 3. The highest BCUT2D eigenvalue weighted by Gasteiger charge is 2.31. The highest BCUT2D eigenvalue weighted by molar-refractivity contribution is 7.12. The summed E-state index contributed by atoms with van der Waals surface area (Å²) in [5.74, 6) is 0.0156. The Hall–Kier alpha value is -1.59. The van der Waals surface area contributed by atoms with E-state index in [0.717, 1.165) is 16.3 Å². The summed E-state index contributed by atoms with van der Waals surface area (Å²) in [4.78, 5) is 13.0. The van der Waals surface area contributed by atoms with Crippen LogP contribution in [0.15, 0.2) is 29.8 Å². The van der Waals surface area contributed by atoms with E-state index < -0.39 is 0 Å². The Morgan fingerprint density at radius 3 is 3.11 bits per heavy atom. The van der Waals surface area contributed by atoms with Crippen LogP contribution in [0, 0.1) is 0 Å². The number of carbonyl (C=O) groups excluding carboxylic acids is 1. The molecule has 4 rings (SSSR count). The van der Waals surface area contributed by atoms with Crippen molar-refractivity contribution in [3.05, 3.63) is 40.3 Å². The molecule has 2 aliphatic rings. The number of hydrogen-bond donors (Lipinski definition) is 2. The molecule has 0 radical (unpaired) electrons. The number of rotatable bonds is 2. The molecule has 0 spiro atoms. The van der Waals surface area contributed by atoms with E-state index in [1.165, 1.54) is 24.2 Å². The van der Waals surface area contributed by atoms with Gasteiger partial charge >= 0.3 is 0 Å². The minimum Gasteiger partial charge on any atom is -0.330 e. The SMILES string of the molecule is O=C1NC(NC2CC2)c2cccn2-c2ccsc21. The lowest BCUT2D eigenvalue weighted by Crippen LogP contribution is -2.38. The van der Waals surface area contributed by atoms with Crippen LogP contribution in [0.5, 0.6) is 0 Å². The Kier molecular flexibility index (Phi) is 2.13. The molecule has 1 aliphatic heterocycles. The second-order valence-electron chi connectivity index (χ2n) is 4.79. The van der Waals surface area contributed by atoms with Gasteiger partial charge in [-0.25, -0.2) is 0 Å². The van der Waals surface area contributed by atoms with Gasteiger partial charge in [0.2, 0.25) is 0 Å². The molecular formula is C13H13N3OS. The maximum absolute atomic E-state index is 12.2. The molecule has 3 heterocycles. The number of carbonyl (C=O) groups is 1. The first-order valence-electron chi connectivity index (χ1n) is 6.15. The Bertz CT molecular complexity index is 611. The van der Waals surface area contributed by atoms with E-state index in [4.69, 9.17) is 0 Å². The van der Waals surface area contributed by atoms with Crippen molar-refractivity contribution in [2.24, 2.45) is 0 Å². The predicted molar refractivity (Wildman–Crippen MR) is 70.0 cm³/mol. The summed E-state index contributed by atoms with van der Waals surface area (Å²) >= 11 is 1.49. The molecule has 1 fully saturated rings. The lowest BCUT2D eigenvalue weighted by Gasteiger charge is -2.18. The fourth-order valence-electron chi connectivity index (χ4n) is 2.39. The zero-order valence-electron chi connectivity index (χ0n) is 9.72. The van der Waals surface area contributed by atoms with Gasteiger partial charge < -0.3 is 9.88 Å². The third-order valence-electron chi connectivity index (χ3n) is 3.44. The fourth-order valence-corrected chi connectivity index (χ4v) is 3.18. The number of hydrogen-bond acceptors (Lipinski definition) is 3. The average molecular weight is 259 g/mol. The van der Waals surface area contributed by atoms with Crippen LogP contribution >= 0.6 is 11.3 Å². The molecule has 1 unspecified atom stereocenters. The third kappa shape index (κ3) is 1.51. The first kappa shape index (κ1) is 10.3. The second-order valence-corrected chi connectivity index (χ2v) is 5.70. The predicted octanol–water partition coefficient (Wildman–Crippen LogP) is 2.03. The molecule has 0 bridgehead atoms. The lowest BCUT2D eigenvalue weighted by molar-refractivity contribution is 0.0935. The number of amides is 1. The maximum Gasteiger partial charge on any atom is 0.265 e. The molecule has 5 heteroatoms. The van der Waals surface area contributed by atoms with Crippen molar-refractivity contribution < 1.29 is 4.79 Å². The van der Waals surface area contributed by atoms with Crippen LogP contribution in [0.4, 0.5) is 0 Å². The average Bonchev–Trinajstić information content (AvgIpc) is 2.92. The topological polar surface area (TPSA) is 46.1 Å². The molecule has 0 aromatic carbocycles. The van der Waals surface area contributed by atoms with Gasteiger partial charge in [0.25, 0.3) is 5.91 Å². The van der Waals surface area contributed by atoms with Crippen molar-refractivity contribution in [3.63, 3.8) is 0 Å². The van der Waals surface area contributed by atoms with Crippen LogP contribution in [0.2, 0.25) is 0 Å². The van der Waals surface area contributed by atoms with E-state index >= 15 is 0 Å². The summed E-state index contributed by atoms with van der Waals surface area (Å²) < 4.78 is 2.10. The second kappa shape index (κ2) is 3.70. The van der Waals surface area contributed by atoms with Gasteiger partial charge in [0.15, 0.2) is 0 Å². The highest BCUT2D eigenvalue weighted by Crippen LogP contribution is 2.30. The standard InChI is InChI=1S/C13H13N3OS/c17-13-11-9(5-7-18-11)16-6-1-2-10(16)12(15-13)14-8-3-4-8/h1-2,5-8,12,14H,3-4H2,(H,15,17). The maximum atomic E-state index is 12.2. The van der Waals surface area contributed by atoms with Gasteiger partial charge in [0.05, 0.1) is 11.4 Å². The van der Waals surface area contributed by atoms with E-state index in [9.17, 15) is 4.79 Å². The summed E-state index contributed by atoms with van der Waals surface area (Å²) in [7, 11) is 0. The summed E-state index contributed by atoms with van der Waals surface area (Å²) in [6, 6.07) is 6.64. The van der Waals surface area contributed by atoms with Crippen molar-refractivity contribution in [2.45, 2.75) is 25.0 Å². The lowest BCUT2D eigenvalue weighted by atomic mass is 10.3. The molecule has 92 valence electrons. The van der Waals surface area contributed by atoms with Gasteiger partial charge in [0.1, 0.15) is 11.0 Å². The van der Waals surface area contributed by atoms with Gasteiger partial charge in [-0.3, -0.25) is 10.1 Å². The van der Waals surface area contributed by atoms with Crippen LogP contribution in [-0.2, 0) is 0 Å². The van der Waals surface area contributed by atoms with E-state index in [0.29, 0.717) is 6.04 Å². The Morgan fingerprint density at radius 2 is 2.28 bits per heavy atom. The van der Waals surface area contributed by atoms with E-state index in [-0.39, 0.29) is 12.1 Å². The summed E-state index contributed by atoms with van der Waals surface area (Å²) in [5, 5.41) is 8.52. The minimum atomic E-state index is -0.0837. The zero-order chi connectivity index (χ0) is 12.1. The monoisotopic (exact) mass is 259 g/mol. The molecular weight excluding hydrogens is 246 g/mol. The van der Waals surface area contributed by atoms with Crippen LogP contribution in [0.1, 0.15) is 34.4 Å². The molecule has 2 aromatic rings. The number of nitrogens with zero attached hydrogens (tertiary/aromatic N) is 1. The van der Waals surface area contributed by atoms with Crippen molar-refractivity contribution >= 4 is 17.2 Å². The fraction of sp³-hybridized carbons (Fsp3) is 0.308. The minimum absolute atomic E-state index is 0.0156. The van der Waals surface area contributed by atoms with Gasteiger partial charge in [-0.2, -0.15) is 0 Å². The third-order valence-corrected chi connectivity index (χ3v) is 4.34. The van der Waals surface area contributed by atoms with Gasteiger partial charge in [-0.1, -0.05) is 0 Å². The van der Waals surface area contributed by atoms with Crippen molar-refractivity contribution in [1.29, 1.82) is 0 Å². The van der Waals surface area contributed by atoms with Crippen molar-refractivity contribution in [2.75, 3.05) is 0 Å². The smallest absolute Gasteiger partial charge is 0.265 e. The van der Waals surface area contributed by atoms with Crippen LogP contribution in [-0.4, -0.2) is 16.5 Å². The Morgan fingerprint density at radius 1 is 1.39 bits per heavy atom. The number of aromatic nitrogens is 1. The highest BCUT2D eigenvalue weighted by atomic mass is 32.1. The summed E-state index contributed by atoms with van der Waals surface area (Å²) in [6.07, 6.45) is 4.34. The molecule has 1 atom stereocenters. The molecule has 1 saturated carbocycles. The normalized spacial score (nSPS) is 22.0. The van der Waals surface area contributed by atoms with Crippen LogP contribution < -0.4 is 10.6 Å². The van der Waals surface area contributed by atoms with Crippen molar-refractivity contribution in [1.82, 2.24) is 15.2 Å². The quantitative estimate of drug-likeness (QED) is 0.867. The summed E-state index contributed by atoms with van der Waals surface area (Å²) in [5.41, 5.74) is 2.09. The molecule has 18 heavy (non-hydrogen) atoms. The van der Waals surface area contributed by atoms with Gasteiger partial charge in [-0.05, 0) is 36.4 Å². The zero-order valence-corrected chi connectivity index (χ0v) is 10.5. The number of thiophene rings is 1. The van der Waals surface area contributed by atoms with Gasteiger partial charge in [-0.15, -0.1) is 11.3 Å². The van der Waals surface area contributed by atoms with Crippen LogP contribution in [0.3, 0.4) is 0 Å². The first-order valence-corrected chi connectivity index (χ1v) is 7.03. The molecule has 4 nitrogen and oxygen atoms in total. The first-order chi connectivity index (χ1) is 8.83. The molecule has 2 N–H and O–H groups in total. The van der Waals surface area contributed by atoms with E-state index in [1.807, 2.05) is 23.7 Å².